The van der Waals surface area contributed by atoms with Crippen LogP contribution in [-0.2, 0) is 6.42 Å². The van der Waals surface area contributed by atoms with Crippen molar-refractivity contribution < 1.29 is 0 Å². The third-order valence-corrected chi connectivity index (χ3v) is 5.14. The molecular weight excluding hydrogens is 459 g/mol. The highest BCUT2D eigenvalue weighted by Crippen LogP contribution is 2.22. The van der Waals surface area contributed by atoms with E-state index in [1.54, 1.807) is 0 Å². The van der Waals surface area contributed by atoms with Gasteiger partial charge in [-0.15, -0.1) is 24.0 Å². The molecule has 4 nitrogen and oxygen atoms in total. The van der Waals surface area contributed by atoms with E-state index in [1.807, 2.05) is 19.2 Å². The molecule has 1 aliphatic rings. The molecule has 0 bridgehead atoms. The van der Waals surface area contributed by atoms with E-state index >= 15 is 0 Å². The lowest BCUT2D eigenvalue weighted by Gasteiger charge is -2.26. The van der Waals surface area contributed by atoms with Gasteiger partial charge in [-0.1, -0.05) is 44.5 Å². The van der Waals surface area contributed by atoms with Gasteiger partial charge in [0.15, 0.2) is 5.96 Å². The van der Waals surface area contributed by atoms with Crippen LogP contribution in [-0.4, -0.2) is 50.6 Å². The van der Waals surface area contributed by atoms with Crippen LogP contribution in [0.5, 0.6) is 0 Å². The summed E-state index contributed by atoms with van der Waals surface area (Å²) in [7, 11) is 1.84. The molecule has 1 heterocycles. The van der Waals surface area contributed by atoms with E-state index in [1.165, 1.54) is 25.1 Å². The lowest BCUT2D eigenvalue weighted by atomic mass is 9.86. The third kappa shape index (κ3) is 8.01. The molecule has 0 amide bonds. The molecule has 1 atom stereocenters. The van der Waals surface area contributed by atoms with Crippen LogP contribution in [0.3, 0.4) is 0 Å². The van der Waals surface area contributed by atoms with Gasteiger partial charge in [0.05, 0.1) is 0 Å². The van der Waals surface area contributed by atoms with Crippen molar-refractivity contribution in [2.75, 3.05) is 39.8 Å². The summed E-state index contributed by atoms with van der Waals surface area (Å²) < 4.78 is 0. The van der Waals surface area contributed by atoms with Gasteiger partial charge in [-0.25, -0.2) is 0 Å². The summed E-state index contributed by atoms with van der Waals surface area (Å²) in [6.45, 7) is 12.2. The van der Waals surface area contributed by atoms with Crippen molar-refractivity contribution in [2.45, 2.75) is 33.6 Å². The Bertz CT molecular complexity index is 577. The van der Waals surface area contributed by atoms with Gasteiger partial charge in [0, 0.05) is 31.7 Å². The molecule has 2 N–H and O–H groups in total. The quantitative estimate of drug-likeness (QED) is 0.343. The van der Waals surface area contributed by atoms with Crippen molar-refractivity contribution in [1.29, 1.82) is 0 Å². The second-order valence-corrected chi connectivity index (χ2v) is 8.26. The van der Waals surface area contributed by atoms with Gasteiger partial charge in [-0.05, 0) is 55.0 Å². The number of guanidine groups is 1. The molecule has 0 radical (unpaired) electrons. The summed E-state index contributed by atoms with van der Waals surface area (Å²) in [6.07, 6.45) is 2.25. The second-order valence-electron chi connectivity index (χ2n) is 7.83. The number of rotatable bonds is 7. The zero-order valence-electron chi connectivity index (χ0n) is 16.5. The first-order valence-corrected chi connectivity index (χ1v) is 9.71. The minimum absolute atomic E-state index is 0. The van der Waals surface area contributed by atoms with Crippen LogP contribution < -0.4 is 10.6 Å². The fourth-order valence-electron chi connectivity index (χ4n) is 3.41. The molecule has 1 aromatic carbocycles. The molecule has 0 spiro atoms. The van der Waals surface area contributed by atoms with E-state index < -0.39 is 0 Å². The van der Waals surface area contributed by atoms with Crippen molar-refractivity contribution in [3.05, 3.63) is 34.9 Å². The number of nitrogens with one attached hydrogen (secondary N) is 2. The van der Waals surface area contributed by atoms with Gasteiger partial charge in [0.1, 0.15) is 0 Å². The van der Waals surface area contributed by atoms with Crippen LogP contribution >= 0.6 is 35.6 Å². The Morgan fingerprint density at radius 2 is 2.12 bits per heavy atom. The number of hydrogen-bond acceptors (Lipinski definition) is 2. The fourth-order valence-corrected chi connectivity index (χ4v) is 3.63. The standard InChI is InChI=1S/C20H33ClN4.HI/c1-5-25-10-9-17(14-25)13-23-19(22-4)24-15-20(2,3)12-16-7-6-8-18(21)11-16;/h6-8,11,17H,5,9-10,12-15H2,1-4H3,(H2,22,23,24);1H. The Balaban J connectivity index is 0.00000338. The average molecular weight is 493 g/mol. The Kier molecular flexibility index (Phi) is 10.3. The molecule has 148 valence electrons. The predicted octanol–water partition coefficient (Wildman–Crippen LogP) is 4.03. The van der Waals surface area contributed by atoms with Gasteiger partial charge in [0.2, 0.25) is 0 Å². The summed E-state index contributed by atoms with van der Waals surface area (Å²) in [5.74, 6) is 1.62. The molecule has 0 saturated carbocycles. The Labute approximate surface area is 181 Å². The van der Waals surface area contributed by atoms with Crippen LogP contribution in [0.15, 0.2) is 29.3 Å². The van der Waals surface area contributed by atoms with Crippen molar-refractivity contribution in [3.8, 4) is 0 Å². The van der Waals surface area contributed by atoms with Gasteiger partial charge in [-0.3, -0.25) is 4.99 Å². The van der Waals surface area contributed by atoms with E-state index in [0.717, 1.165) is 43.0 Å². The topological polar surface area (TPSA) is 39.7 Å². The molecule has 6 heteroatoms. The third-order valence-electron chi connectivity index (χ3n) is 4.91. The Morgan fingerprint density at radius 3 is 2.73 bits per heavy atom. The number of nitrogens with zero attached hydrogens (tertiary/aromatic N) is 2. The van der Waals surface area contributed by atoms with Gasteiger partial charge in [0.25, 0.3) is 0 Å². The highest BCUT2D eigenvalue weighted by Gasteiger charge is 2.22. The van der Waals surface area contributed by atoms with Crippen molar-refractivity contribution in [3.63, 3.8) is 0 Å². The van der Waals surface area contributed by atoms with E-state index in [9.17, 15) is 0 Å². The maximum atomic E-state index is 6.10. The smallest absolute Gasteiger partial charge is 0.191 e. The molecule has 1 unspecified atom stereocenters. The van der Waals surface area contributed by atoms with Crippen LogP contribution in [0.4, 0.5) is 0 Å². The SMILES string of the molecule is CCN1CCC(CNC(=NC)NCC(C)(C)Cc2cccc(Cl)c2)C1.I. The van der Waals surface area contributed by atoms with E-state index in [-0.39, 0.29) is 29.4 Å². The van der Waals surface area contributed by atoms with Gasteiger partial charge >= 0.3 is 0 Å². The normalized spacial score (nSPS) is 18.5. The number of likely N-dealkylation sites (tertiary alicyclic amines) is 1. The molecular formula is C20H34ClIN4. The first kappa shape index (κ1) is 23.5. The lowest BCUT2D eigenvalue weighted by molar-refractivity contribution is 0.340. The van der Waals surface area contributed by atoms with E-state index in [0.29, 0.717) is 0 Å². The number of aliphatic imine (C=N–C) groups is 1. The minimum atomic E-state index is 0. The summed E-state index contributed by atoms with van der Waals surface area (Å²) in [4.78, 5) is 6.88. The second kappa shape index (κ2) is 11.3. The number of benzene rings is 1. The minimum Gasteiger partial charge on any atom is -0.356 e. The molecule has 1 saturated heterocycles. The molecule has 1 aliphatic heterocycles. The van der Waals surface area contributed by atoms with Gasteiger partial charge in [-0.2, -0.15) is 0 Å². The molecule has 0 aromatic heterocycles. The van der Waals surface area contributed by atoms with E-state index in [4.69, 9.17) is 11.6 Å². The molecule has 2 rings (SSSR count). The largest absolute Gasteiger partial charge is 0.356 e. The maximum absolute atomic E-state index is 6.10. The fraction of sp³-hybridized carbons (Fsp3) is 0.650. The zero-order chi connectivity index (χ0) is 18.3. The van der Waals surface area contributed by atoms with Crippen LogP contribution in [0.2, 0.25) is 5.02 Å². The van der Waals surface area contributed by atoms with Crippen LogP contribution in [0.1, 0.15) is 32.8 Å². The predicted molar refractivity (Wildman–Crippen MR) is 124 cm³/mol. The summed E-state index contributed by atoms with van der Waals surface area (Å²) in [5.41, 5.74) is 1.39. The lowest BCUT2D eigenvalue weighted by Crippen LogP contribution is -2.44. The molecule has 26 heavy (non-hydrogen) atoms. The van der Waals surface area contributed by atoms with Crippen molar-refractivity contribution >= 4 is 41.5 Å². The van der Waals surface area contributed by atoms with Crippen LogP contribution in [0.25, 0.3) is 0 Å². The zero-order valence-corrected chi connectivity index (χ0v) is 19.6. The average Bonchev–Trinajstić information content (AvgIpc) is 3.02. The number of hydrogen-bond donors (Lipinski definition) is 2. The maximum Gasteiger partial charge on any atom is 0.191 e. The summed E-state index contributed by atoms with van der Waals surface area (Å²) >= 11 is 6.10. The van der Waals surface area contributed by atoms with Crippen molar-refractivity contribution in [2.24, 2.45) is 16.3 Å². The molecule has 1 fully saturated rings. The summed E-state index contributed by atoms with van der Waals surface area (Å²) in [6, 6.07) is 8.13. The first-order valence-electron chi connectivity index (χ1n) is 9.33. The Morgan fingerprint density at radius 1 is 1.35 bits per heavy atom. The van der Waals surface area contributed by atoms with E-state index in [2.05, 4.69) is 53.4 Å². The number of halogens is 2. The molecule has 0 aliphatic carbocycles. The monoisotopic (exact) mass is 492 g/mol. The summed E-state index contributed by atoms with van der Waals surface area (Å²) in [5, 5.41) is 7.78. The van der Waals surface area contributed by atoms with Crippen LogP contribution in [0, 0.1) is 11.3 Å². The highest BCUT2D eigenvalue weighted by atomic mass is 127. The molecule has 1 aromatic rings. The van der Waals surface area contributed by atoms with Crippen molar-refractivity contribution in [1.82, 2.24) is 15.5 Å². The highest BCUT2D eigenvalue weighted by molar-refractivity contribution is 14.0. The van der Waals surface area contributed by atoms with Gasteiger partial charge < -0.3 is 15.5 Å². The Hall–Kier alpha value is -0.530. The first-order chi connectivity index (χ1) is 11.9.